The second kappa shape index (κ2) is 7.30. The largest absolute Gasteiger partial charge is 0.327 e. The molecule has 1 rings (SSSR count). The minimum Gasteiger partial charge on any atom is -0.315 e. The van der Waals surface area contributed by atoms with Gasteiger partial charge >= 0.3 is 6.03 Å². The average Bonchev–Trinajstić information content (AvgIpc) is 2.60. The van der Waals surface area contributed by atoms with Crippen LogP contribution in [0.1, 0.15) is 52.4 Å². The molecule has 0 aromatic carbocycles. The van der Waals surface area contributed by atoms with Gasteiger partial charge in [0.05, 0.1) is 0 Å². The predicted molar refractivity (Wildman–Crippen MR) is 67.7 cm³/mol. The molecule has 98 valence electrons. The van der Waals surface area contributed by atoms with Crippen LogP contribution in [-0.2, 0) is 4.79 Å². The smallest absolute Gasteiger partial charge is 0.315 e. The van der Waals surface area contributed by atoms with Gasteiger partial charge in [0.2, 0.25) is 5.91 Å². The molecule has 0 bridgehead atoms. The third-order valence-corrected chi connectivity index (χ3v) is 3.25. The number of rotatable bonds is 8. The molecule has 0 spiro atoms. The van der Waals surface area contributed by atoms with E-state index in [-0.39, 0.29) is 18.5 Å². The zero-order valence-electron chi connectivity index (χ0n) is 11.1. The molecule has 4 heteroatoms. The summed E-state index contributed by atoms with van der Waals surface area (Å²) in [7, 11) is 0. The SMILES string of the molecule is CCCCCCCCN1C(=O)CN(CC)C1=O. The van der Waals surface area contributed by atoms with E-state index in [0.717, 1.165) is 12.8 Å². The van der Waals surface area contributed by atoms with Crippen molar-refractivity contribution in [2.45, 2.75) is 52.4 Å². The molecule has 1 heterocycles. The molecule has 4 nitrogen and oxygen atoms in total. The summed E-state index contributed by atoms with van der Waals surface area (Å²) in [6.07, 6.45) is 7.06. The molecule has 17 heavy (non-hydrogen) atoms. The molecule has 0 aromatic rings. The second-order valence-electron chi connectivity index (χ2n) is 4.61. The summed E-state index contributed by atoms with van der Waals surface area (Å²) < 4.78 is 0. The Labute approximate surface area is 104 Å². The number of carbonyl (C=O) groups excluding carboxylic acids is 2. The van der Waals surface area contributed by atoms with Gasteiger partial charge in [0, 0.05) is 13.1 Å². The van der Waals surface area contributed by atoms with E-state index in [9.17, 15) is 9.59 Å². The highest BCUT2D eigenvalue weighted by molar-refractivity contribution is 6.01. The molecule has 0 radical (unpaired) electrons. The number of hydrogen-bond donors (Lipinski definition) is 0. The Bertz CT molecular complexity index is 266. The molecule has 0 aromatic heterocycles. The molecular weight excluding hydrogens is 216 g/mol. The lowest BCUT2D eigenvalue weighted by Crippen LogP contribution is -2.33. The number of likely N-dealkylation sites (N-methyl/N-ethyl adjacent to an activating group) is 1. The molecule has 1 aliphatic rings. The van der Waals surface area contributed by atoms with Crippen molar-refractivity contribution in [3.05, 3.63) is 0 Å². The lowest BCUT2D eigenvalue weighted by atomic mass is 10.1. The molecule has 1 aliphatic heterocycles. The summed E-state index contributed by atoms with van der Waals surface area (Å²) in [5, 5.41) is 0. The topological polar surface area (TPSA) is 40.6 Å². The van der Waals surface area contributed by atoms with Crippen LogP contribution in [0.25, 0.3) is 0 Å². The van der Waals surface area contributed by atoms with Gasteiger partial charge in [-0.1, -0.05) is 39.0 Å². The van der Waals surface area contributed by atoms with E-state index in [4.69, 9.17) is 0 Å². The monoisotopic (exact) mass is 240 g/mol. The third kappa shape index (κ3) is 4.02. The normalized spacial score (nSPS) is 16.1. The van der Waals surface area contributed by atoms with Gasteiger partial charge in [0.15, 0.2) is 0 Å². The fourth-order valence-corrected chi connectivity index (χ4v) is 2.11. The highest BCUT2D eigenvalue weighted by Crippen LogP contribution is 2.12. The fourth-order valence-electron chi connectivity index (χ4n) is 2.11. The number of urea groups is 1. The lowest BCUT2D eigenvalue weighted by molar-refractivity contribution is -0.125. The highest BCUT2D eigenvalue weighted by Gasteiger charge is 2.34. The molecule has 0 atom stereocenters. The van der Waals surface area contributed by atoms with Crippen LogP contribution >= 0.6 is 0 Å². The first-order chi connectivity index (χ1) is 8.20. The van der Waals surface area contributed by atoms with Gasteiger partial charge < -0.3 is 4.90 Å². The van der Waals surface area contributed by atoms with Crippen molar-refractivity contribution < 1.29 is 9.59 Å². The van der Waals surface area contributed by atoms with Crippen LogP contribution in [0.15, 0.2) is 0 Å². The number of carbonyl (C=O) groups is 2. The van der Waals surface area contributed by atoms with E-state index >= 15 is 0 Å². The van der Waals surface area contributed by atoms with Crippen molar-refractivity contribution in [1.29, 1.82) is 0 Å². The third-order valence-electron chi connectivity index (χ3n) is 3.25. The predicted octanol–water partition coefficient (Wildman–Crippen LogP) is 2.63. The first-order valence-electron chi connectivity index (χ1n) is 6.80. The molecule has 0 unspecified atom stereocenters. The minimum atomic E-state index is -0.106. The zero-order chi connectivity index (χ0) is 12.7. The van der Waals surface area contributed by atoms with E-state index in [1.54, 1.807) is 4.90 Å². The van der Waals surface area contributed by atoms with Crippen molar-refractivity contribution in [3.8, 4) is 0 Å². The van der Waals surface area contributed by atoms with Crippen molar-refractivity contribution in [3.63, 3.8) is 0 Å². The quantitative estimate of drug-likeness (QED) is 0.483. The van der Waals surface area contributed by atoms with Gasteiger partial charge in [-0.25, -0.2) is 4.79 Å². The van der Waals surface area contributed by atoms with Crippen LogP contribution in [0.2, 0.25) is 0 Å². The Morgan fingerprint density at radius 1 is 1.00 bits per heavy atom. The molecule has 0 saturated carbocycles. The van der Waals surface area contributed by atoms with E-state index in [1.165, 1.54) is 30.6 Å². The highest BCUT2D eigenvalue weighted by atomic mass is 16.2. The molecule has 3 amide bonds. The maximum absolute atomic E-state index is 11.7. The molecule has 0 aliphatic carbocycles. The summed E-state index contributed by atoms with van der Waals surface area (Å²) in [6.45, 7) is 5.59. The van der Waals surface area contributed by atoms with Crippen molar-refractivity contribution in [1.82, 2.24) is 9.80 Å². The Morgan fingerprint density at radius 3 is 2.24 bits per heavy atom. The van der Waals surface area contributed by atoms with Gasteiger partial charge in [-0.15, -0.1) is 0 Å². The Kier molecular flexibility index (Phi) is 6.01. The molecule has 1 fully saturated rings. The first-order valence-corrected chi connectivity index (χ1v) is 6.80. The summed E-state index contributed by atoms with van der Waals surface area (Å²) >= 11 is 0. The van der Waals surface area contributed by atoms with E-state index in [1.807, 2.05) is 6.92 Å². The van der Waals surface area contributed by atoms with Crippen LogP contribution in [0.5, 0.6) is 0 Å². The maximum atomic E-state index is 11.7. The summed E-state index contributed by atoms with van der Waals surface area (Å²) in [6, 6.07) is -0.106. The number of hydrogen-bond acceptors (Lipinski definition) is 2. The molecule has 1 saturated heterocycles. The maximum Gasteiger partial charge on any atom is 0.327 e. The number of amides is 3. The Morgan fingerprint density at radius 2 is 1.65 bits per heavy atom. The minimum absolute atomic E-state index is 0.0367. The summed E-state index contributed by atoms with van der Waals surface area (Å²) in [5.74, 6) is -0.0367. The van der Waals surface area contributed by atoms with Crippen LogP contribution < -0.4 is 0 Å². The first kappa shape index (κ1) is 14.0. The molecular formula is C13H24N2O2. The summed E-state index contributed by atoms with van der Waals surface area (Å²) in [5.41, 5.74) is 0. The Hall–Kier alpha value is -1.06. The van der Waals surface area contributed by atoms with Crippen LogP contribution in [0.4, 0.5) is 4.79 Å². The average molecular weight is 240 g/mol. The number of nitrogens with zero attached hydrogens (tertiary/aromatic N) is 2. The van der Waals surface area contributed by atoms with Gasteiger partial charge in [-0.3, -0.25) is 9.69 Å². The Balaban J connectivity index is 2.18. The van der Waals surface area contributed by atoms with Crippen molar-refractivity contribution >= 4 is 11.9 Å². The van der Waals surface area contributed by atoms with Gasteiger partial charge in [0.1, 0.15) is 6.54 Å². The van der Waals surface area contributed by atoms with Crippen molar-refractivity contribution in [2.75, 3.05) is 19.6 Å². The zero-order valence-corrected chi connectivity index (χ0v) is 11.1. The van der Waals surface area contributed by atoms with E-state index in [0.29, 0.717) is 13.1 Å². The fraction of sp³-hybridized carbons (Fsp3) is 0.846. The van der Waals surface area contributed by atoms with Crippen molar-refractivity contribution in [2.24, 2.45) is 0 Å². The van der Waals surface area contributed by atoms with Crippen LogP contribution in [0, 0.1) is 0 Å². The lowest BCUT2D eigenvalue weighted by Gasteiger charge is -2.15. The van der Waals surface area contributed by atoms with Crippen LogP contribution in [-0.4, -0.2) is 41.4 Å². The number of unbranched alkanes of at least 4 members (excludes halogenated alkanes) is 5. The van der Waals surface area contributed by atoms with E-state index < -0.39 is 0 Å². The van der Waals surface area contributed by atoms with E-state index in [2.05, 4.69) is 6.92 Å². The second-order valence-corrected chi connectivity index (χ2v) is 4.61. The van der Waals surface area contributed by atoms with Gasteiger partial charge in [0.25, 0.3) is 0 Å². The standard InChI is InChI=1S/C13H24N2O2/c1-3-5-6-7-8-9-10-15-12(16)11-14(4-2)13(15)17/h3-11H2,1-2H3. The number of imide groups is 1. The molecule has 0 N–H and O–H groups in total. The van der Waals surface area contributed by atoms with Crippen LogP contribution in [0.3, 0.4) is 0 Å². The van der Waals surface area contributed by atoms with Gasteiger partial charge in [-0.05, 0) is 13.3 Å². The van der Waals surface area contributed by atoms with Gasteiger partial charge in [-0.2, -0.15) is 0 Å². The summed E-state index contributed by atoms with van der Waals surface area (Å²) in [4.78, 5) is 26.3.